The molecule has 0 saturated carbocycles. The van der Waals surface area contributed by atoms with Gasteiger partial charge in [-0.25, -0.2) is 0 Å². The largest absolute Gasteiger partial charge is 0.487 e. The van der Waals surface area contributed by atoms with Crippen LogP contribution < -0.4 is 20.1 Å². The Kier molecular flexibility index (Phi) is 9.97. The Morgan fingerprint density at radius 3 is 2.73 bits per heavy atom. The Hall–Kier alpha value is -4.62. The van der Waals surface area contributed by atoms with Crippen molar-refractivity contribution >= 4 is 45.5 Å². The molecule has 1 amide bonds. The molecule has 10 heteroatoms. The van der Waals surface area contributed by atoms with Gasteiger partial charge in [0.2, 0.25) is 5.91 Å². The highest BCUT2D eigenvalue weighted by atomic mass is 35.5. The van der Waals surface area contributed by atoms with Crippen molar-refractivity contribution < 1.29 is 19.0 Å². The van der Waals surface area contributed by atoms with Gasteiger partial charge in [-0.2, -0.15) is 5.26 Å². The van der Waals surface area contributed by atoms with Gasteiger partial charge in [0.15, 0.2) is 0 Å². The molecule has 1 atom stereocenters. The Balaban J connectivity index is 1.46. The van der Waals surface area contributed by atoms with Crippen LogP contribution in [0.2, 0.25) is 5.02 Å². The molecule has 1 aromatic heterocycles. The topological polar surface area (TPSA) is 109 Å². The van der Waals surface area contributed by atoms with Crippen molar-refractivity contribution in [2.24, 2.45) is 0 Å². The molecule has 0 bridgehead atoms. The van der Waals surface area contributed by atoms with Crippen LogP contribution in [0.5, 0.6) is 11.5 Å². The quantitative estimate of drug-likeness (QED) is 0.182. The molecule has 1 saturated heterocycles. The average molecular weight is 612 g/mol. The predicted octanol–water partition coefficient (Wildman–Crippen LogP) is 6.61. The molecule has 2 N–H and O–H groups in total. The standard InChI is InChI=1S/C34H34ClN5O4/c1-22-7-4-5-8-23(22)20-43-29-12-10-25(17-28(29)35)38-32-24(18-36)19-37-33-27(32)11-13-30(44-26-14-16-42-21-26)34(33)39-31(41)9-6-15-40(2)3/h4-13,17,19,26H,14-16,20-21H2,1-3H3,(H,37,38)(H,39,41)/b9-6+. The van der Waals surface area contributed by atoms with E-state index in [0.717, 1.165) is 17.5 Å². The SMILES string of the molecule is Cc1ccccc1COc1ccc(Nc2c(C#N)cnc3c(NC(=O)/C=C/CN(C)C)c(OC4CCOC4)ccc23)cc1Cl. The molecule has 2 heterocycles. The van der Waals surface area contributed by atoms with Crippen LogP contribution in [-0.4, -0.2) is 55.7 Å². The normalized spacial score (nSPS) is 14.6. The summed E-state index contributed by atoms with van der Waals surface area (Å²) in [4.78, 5) is 19.5. The maximum Gasteiger partial charge on any atom is 0.248 e. The Labute approximate surface area is 262 Å². The van der Waals surface area contributed by atoms with Gasteiger partial charge in [-0.05, 0) is 62.5 Å². The highest BCUT2D eigenvalue weighted by molar-refractivity contribution is 6.32. The van der Waals surface area contributed by atoms with Gasteiger partial charge in [0.1, 0.15) is 36.0 Å². The van der Waals surface area contributed by atoms with Crippen LogP contribution in [0, 0.1) is 18.3 Å². The van der Waals surface area contributed by atoms with Crippen LogP contribution >= 0.6 is 11.6 Å². The first-order chi connectivity index (χ1) is 21.3. The second-order valence-corrected chi connectivity index (χ2v) is 11.1. The van der Waals surface area contributed by atoms with E-state index in [0.29, 0.717) is 76.4 Å². The number of aromatic nitrogens is 1. The minimum absolute atomic E-state index is 0.142. The van der Waals surface area contributed by atoms with Crippen molar-refractivity contribution in [1.29, 1.82) is 5.26 Å². The Morgan fingerprint density at radius 2 is 2.00 bits per heavy atom. The lowest BCUT2D eigenvalue weighted by Gasteiger charge is -2.19. The number of carbonyl (C=O) groups excluding carboxylic acids is 1. The van der Waals surface area contributed by atoms with Gasteiger partial charge < -0.3 is 29.7 Å². The fraction of sp³-hybridized carbons (Fsp3) is 0.265. The van der Waals surface area contributed by atoms with Crippen LogP contribution in [0.1, 0.15) is 23.1 Å². The molecule has 3 aromatic carbocycles. The first-order valence-corrected chi connectivity index (χ1v) is 14.7. The van der Waals surface area contributed by atoms with Crippen molar-refractivity contribution in [1.82, 2.24) is 9.88 Å². The fourth-order valence-corrected chi connectivity index (χ4v) is 5.01. The summed E-state index contributed by atoms with van der Waals surface area (Å²) in [5.41, 5.74) is 4.61. The molecule has 44 heavy (non-hydrogen) atoms. The third-order valence-corrected chi connectivity index (χ3v) is 7.43. The van der Waals surface area contributed by atoms with E-state index in [1.54, 1.807) is 24.3 Å². The summed E-state index contributed by atoms with van der Waals surface area (Å²) in [5.74, 6) is 0.704. The summed E-state index contributed by atoms with van der Waals surface area (Å²) in [6.07, 6.45) is 5.34. The molecule has 5 rings (SSSR count). The molecule has 226 valence electrons. The van der Waals surface area contributed by atoms with Crippen molar-refractivity contribution in [2.75, 3.05) is 44.5 Å². The number of ether oxygens (including phenoxy) is 3. The second kappa shape index (κ2) is 14.2. The van der Waals surface area contributed by atoms with Crippen molar-refractivity contribution in [3.8, 4) is 17.6 Å². The summed E-state index contributed by atoms with van der Waals surface area (Å²) in [7, 11) is 3.85. The lowest BCUT2D eigenvalue weighted by Crippen LogP contribution is -2.18. The summed E-state index contributed by atoms with van der Waals surface area (Å²) in [6, 6.07) is 19.2. The van der Waals surface area contributed by atoms with Crippen molar-refractivity contribution in [3.63, 3.8) is 0 Å². The van der Waals surface area contributed by atoms with E-state index in [9.17, 15) is 10.1 Å². The van der Waals surface area contributed by atoms with E-state index in [-0.39, 0.29) is 12.0 Å². The summed E-state index contributed by atoms with van der Waals surface area (Å²) in [6.45, 7) is 4.12. The fourth-order valence-electron chi connectivity index (χ4n) is 4.77. The zero-order valence-electron chi connectivity index (χ0n) is 24.9. The summed E-state index contributed by atoms with van der Waals surface area (Å²) < 4.78 is 17.7. The highest BCUT2D eigenvalue weighted by Gasteiger charge is 2.22. The van der Waals surface area contributed by atoms with Crippen LogP contribution in [0.25, 0.3) is 10.9 Å². The molecular weight excluding hydrogens is 578 g/mol. The number of nitrogens with zero attached hydrogens (tertiary/aromatic N) is 3. The Morgan fingerprint density at radius 1 is 1.18 bits per heavy atom. The highest BCUT2D eigenvalue weighted by Crippen LogP contribution is 2.39. The number of anilines is 3. The number of aryl methyl sites for hydroxylation is 1. The van der Waals surface area contributed by atoms with E-state index in [1.807, 2.05) is 62.3 Å². The molecule has 1 unspecified atom stereocenters. The first-order valence-electron chi connectivity index (χ1n) is 14.3. The van der Waals surface area contributed by atoms with Crippen molar-refractivity contribution in [2.45, 2.75) is 26.1 Å². The van der Waals surface area contributed by atoms with Crippen LogP contribution in [0.4, 0.5) is 17.1 Å². The monoisotopic (exact) mass is 611 g/mol. The van der Waals surface area contributed by atoms with Crippen molar-refractivity contribution in [3.05, 3.63) is 94.7 Å². The number of halogens is 1. The van der Waals surface area contributed by atoms with Crippen LogP contribution in [-0.2, 0) is 16.1 Å². The van der Waals surface area contributed by atoms with E-state index in [2.05, 4.69) is 21.7 Å². The number of benzene rings is 3. The zero-order chi connectivity index (χ0) is 31.1. The number of rotatable bonds is 11. The number of hydrogen-bond donors (Lipinski definition) is 2. The van der Waals surface area contributed by atoms with Gasteiger partial charge >= 0.3 is 0 Å². The number of carbonyl (C=O) groups is 1. The van der Waals surface area contributed by atoms with E-state index >= 15 is 0 Å². The molecule has 1 aliphatic rings. The number of hydrogen-bond acceptors (Lipinski definition) is 8. The molecule has 1 aliphatic heterocycles. The van der Waals surface area contributed by atoms with Crippen LogP contribution in [0.15, 0.2) is 72.9 Å². The van der Waals surface area contributed by atoms with Gasteiger partial charge in [-0.15, -0.1) is 0 Å². The molecular formula is C34H34ClN5O4. The predicted molar refractivity (Wildman–Crippen MR) is 173 cm³/mol. The second-order valence-electron chi connectivity index (χ2n) is 10.7. The number of nitrogens with one attached hydrogen (secondary N) is 2. The lowest BCUT2D eigenvalue weighted by atomic mass is 10.1. The maximum atomic E-state index is 12.9. The number of fused-ring (bicyclic) bond motifs is 1. The van der Waals surface area contributed by atoms with Gasteiger partial charge in [-0.3, -0.25) is 9.78 Å². The van der Waals surface area contributed by atoms with Gasteiger partial charge in [0.25, 0.3) is 0 Å². The van der Waals surface area contributed by atoms with Gasteiger partial charge in [0.05, 0.1) is 35.0 Å². The molecule has 9 nitrogen and oxygen atoms in total. The van der Waals surface area contributed by atoms with E-state index < -0.39 is 0 Å². The molecule has 0 aliphatic carbocycles. The lowest BCUT2D eigenvalue weighted by molar-refractivity contribution is -0.111. The summed E-state index contributed by atoms with van der Waals surface area (Å²) >= 11 is 6.61. The van der Waals surface area contributed by atoms with Gasteiger partial charge in [0, 0.05) is 36.3 Å². The first kappa shape index (κ1) is 30.8. The third-order valence-electron chi connectivity index (χ3n) is 7.14. The van der Waals surface area contributed by atoms with E-state index in [4.69, 9.17) is 25.8 Å². The van der Waals surface area contributed by atoms with Gasteiger partial charge in [-0.1, -0.05) is 41.9 Å². The molecule has 0 spiro atoms. The molecule has 1 fully saturated rings. The number of likely N-dealkylation sites (N-methyl/N-ethyl adjacent to an activating group) is 1. The molecule has 0 radical (unpaired) electrons. The maximum absolute atomic E-state index is 12.9. The third kappa shape index (κ3) is 7.47. The average Bonchev–Trinajstić information content (AvgIpc) is 3.52. The number of nitriles is 1. The number of pyridine rings is 1. The minimum Gasteiger partial charge on any atom is -0.487 e. The molecule has 4 aromatic rings. The van der Waals surface area contributed by atoms with Crippen LogP contribution in [0.3, 0.4) is 0 Å². The zero-order valence-corrected chi connectivity index (χ0v) is 25.6. The smallest absolute Gasteiger partial charge is 0.248 e. The summed E-state index contributed by atoms with van der Waals surface area (Å²) in [5, 5.41) is 17.3. The number of amides is 1. The Bertz CT molecular complexity index is 1730. The minimum atomic E-state index is -0.319. The van der Waals surface area contributed by atoms with E-state index in [1.165, 1.54) is 12.3 Å².